The molecule has 2 heteroatoms. The summed E-state index contributed by atoms with van der Waals surface area (Å²) in [4.78, 5) is 4.43. The van der Waals surface area contributed by atoms with Gasteiger partial charge in [0.1, 0.15) is 0 Å². The van der Waals surface area contributed by atoms with Gasteiger partial charge in [0.15, 0.2) is 0 Å². The number of hydrogen-bond donors (Lipinski definition) is 0. The predicted molar refractivity (Wildman–Crippen MR) is 56.3 cm³/mol. The van der Waals surface area contributed by atoms with Crippen molar-refractivity contribution in [3.8, 4) is 0 Å². The first-order valence-corrected chi connectivity index (χ1v) is 5.04. The van der Waals surface area contributed by atoms with Gasteiger partial charge in [-0.05, 0) is 53.0 Å². The first-order chi connectivity index (χ1) is 5.38. The van der Waals surface area contributed by atoms with Gasteiger partial charge in [0, 0.05) is 6.54 Å². The third kappa shape index (κ3) is 1.41. The molecule has 0 saturated heterocycles. The van der Waals surface area contributed by atoms with Gasteiger partial charge in [0.2, 0.25) is 0 Å². The Hall–Kier alpha value is -0.120. The second kappa shape index (κ2) is 3.09. The Morgan fingerprint density at radius 1 is 1.36 bits per heavy atom. The molecular formula is C9H10IN. The largest absolute Gasteiger partial charge is 0.278 e. The summed E-state index contributed by atoms with van der Waals surface area (Å²) >= 11 is 2.35. The number of dihydropyridines is 1. The average Bonchev–Trinajstić information content (AvgIpc) is 2.06. The zero-order valence-electron chi connectivity index (χ0n) is 6.31. The van der Waals surface area contributed by atoms with E-state index in [4.69, 9.17) is 0 Å². The van der Waals surface area contributed by atoms with E-state index in [0.717, 1.165) is 13.0 Å². The first-order valence-electron chi connectivity index (χ1n) is 3.97. The molecule has 0 aromatic heterocycles. The molecule has 1 heterocycles. The van der Waals surface area contributed by atoms with Crippen molar-refractivity contribution in [2.45, 2.75) is 19.3 Å². The maximum absolute atomic E-state index is 4.43. The number of hydrogen-bond acceptors (Lipinski definition) is 1. The minimum absolute atomic E-state index is 0.988. The van der Waals surface area contributed by atoms with Crippen LogP contribution in [0.5, 0.6) is 0 Å². The normalized spacial score (nSPS) is 23.2. The number of allylic oxidation sites excluding steroid dienone is 3. The Kier molecular flexibility index (Phi) is 2.11. The van der Waals surface area contributed by atoms with E-state index < -0.39 is 0 Å². The van der Waals surface area contributed by atoms with Crippen LogP contribution in [0, 0.1) is 0 Å². The average molecular weight is 259 g/mol. The van der Waals surface area contributed by atoms with Crippen LogP contribution >= 0.6 is 22.6 Å². The standard InChI is InChI=1S/C9H10IN/c10-9-8-4-2-1-3-7(8)5-6-11-9/h1,3H,2,4-6H2. The van der Waals surface area contributed by atoms with Crippen LogP contribution in [0.4, 0.5) is 0 Å². The highest BCUT2D eigenvalue weighted by molar-refractivity contribution is 14.1. The maximum atomic E-state index is 4.43. The van der Waals surface area contributed by atoms with E-state index in [1.54, 1.807) is 0 Å². The van der Waals surface area contributed by atoms with Crippen molar-refractivity contribution in [1.29, 1.82) is 0 Å². The van der Waals surface area contributed by atoms with Crippen LogP contribution in [0.3, 0.4) is 0 Å². The summed E-state index contributed by atoms with van der Waals surface area (Å²) in [5, 5.41) is 0. The summed E-state index contributed by atoms with van der Waals surface area (Å²) in [6.45, 7) is 0.988. The van der Waals surface area contributed by atoms with Crippen LogP contribution in [0.1, 0.15) is 19.3 Å². The van der Waals surface area contributed by atoms with Crippen LogP contribution in [0.2, 0.25) is 0 Å². The molecule has 0 aromatic carbocycles. The second-order valence-electron chi connectivity index (χ2n) is 2.87. The molecule has 2 aliphatic rings. The predicted octanol–water partition coefficient (Wildman–Crippen LogP) is 2.87. The van der Waals surface area contributed by atoms with E-state index in [-0.39, 0.29) is 0 Å². The van der Waals surface area contributed by atoms with Gasteiger partial charge in [0.25, 0.3) is 0 Å². The quantitative estimate of drug-likeness (QED) is 0.593. The molecule has 0 unspecified atom stereocenters. The molecule has 0 saturated carbocycles. The Labute approximate surface area is 80.4 Å². The SMILES string of the molecule is IC1=NCCC2=C1CCC=C2. The van der Waals surface area contributed by atoms with Crippen LogP contribution in [0.15, 0.2) is 28.3 Å². The van der Waals surface area contributed by atoms with E-state index >= 15 is 0 Å². The van der Waals surface area contributed by atoms with Gasteiger partial charge >= 0.3 is 0 Å². The number of halogens is 1. The lowest BCUT2D eigenvalue weighted by atomic mass is 9.95. The number of nitrogens with zero attached hydrogens (tertiary/aromatic N) is 1. The molecule has 0 bridgehead atoms. The lowest BCUT2D eigenvalue weighted by Crippen LogP contribution is -2.08. The third-order valence-electron chi connectivity index (χ3n) is 2.15. The monoisotopic (exact) mass is 259 g/mol. The molecule has 11 heavy (non-hydrogen) atoms. The lowest BCUT2D eigenvalue weighted by Gasteiger charge is -2.18. The summed E-state index contributed by atoms with van der Waals surface area (Å²) in [7, 11) is 0. The second-order valence-corrected chi connectivity index (χ2v) is 3.89. The van der Waals surface area contributed by atoms with Gasteiger partial charge in [-0.3, -0.25) is 4.99 Å². The van der Waals surface area contributed by atoms with Crippen molar-refractivity contribution in [1.82, 2.24) is 0 Å². The summed E-state index contributed by atoms with van der Waals surface area (Å²) in [5.74, 6) is 0. The van der Waals surface area contributed by atoms with Gasteiger partial charge in [0.05, 0.1) is 3.72 Å². The van der Waals surface area contributed by atoms with Crippen molar-refractivity contribution in [3.05, 3.63) is 23.3 Å². The highest BCUT2D eigenvalue weighted by Gasteiger charge is 2.14. The van der Waals surface area contributed by atoms with Crippen molar-refractivity contribution in [2.24, 2.45) is 4.99 Å². The molecule has 1 aliphatic carbocycles. The van der Waals surface area contributed by atoms with Gasteiger partial charge in [-0.1, -0.05) is 12.2 Å². The molecule has 0 spiro atoms. The van der Waals surface area contributed by atoms with Crippen molar-refractivity contribution in [2.75, 3.05) is 6.54 Å². The van der Waals surface area contributed by atoms with Gasteiger partial charge in [-0.25, -0.2) is 0 Å². The summed E-state index contributed by atoms with van der Waals surface area (Å²) in [6.07, 6.45) is 8.09. The summed E-state index contributed by atoms with van der Waals surface area (Å²) < 4.78 is 1.24. The van der Waals surface area contributed by atoms with Crippen molar-refractivity contribution < 1.29 is 0 Å². The number of aliphatic imine (C=N–C) groups is 1. The van der Waals surface area contributed by atoms with E-state index in [9.17, 15) is 0 Å². The van der Waals surface area contributed by atoms with E-state index in [1.807, 2.05) is 0 Å². The summed E-state index contributed by atoms with van der Waals surface area (Å²) in [6, 6.07) is 0. The Bertz CT molecular complexity index is 261. The zero-order valence-corrected chi connectivity index (χ0v) is 8.47. The van der Waals surface area contributed by atoms with Crippen LogP contribution < -0.4 is 0 Å². The van der Waals surface area contributed by atoms with E-state index in [0.29, 0.717) is 0 Å². The fourth-order valence-corrected chi connectivity index (χ4v) is 2.41. The molecular weight excluding hydrogens is 249 g/mol. The highest BCUT2D eigenvalue weighted by Crippen LogP contribution is 2.28. The molecule has 1 nitrogen and oxygen atoms in total. The highest BCUT2D eigenvalue weighted by atomic mass is 127. The summed E-state index contributed by atoms with van der Waals surface area (Å²) in [5.41, 5.74) is 3.02. The Balaban J connectivity index is 2.37. The Morgan fingerprint density at radius 3 is 3.09 bits per heavy atom. The fourth-order valence-electron chi connectivity index (χ4n) is 1.55. The van der Waals surface area contributed by atoms with Crippen molar-refractivity contribution >= 4 is 26.3 Å². The lowest BCUT2D eigenvalue weighted by molar-refractivity contribution is 0.887. The van der Waals surface area contributed by atoms with Gasteiger partial charge in [-0.2, -0.15) is 0 Å². The Morgan fingerprint density at radius 2 is 2.27 bits per heavy atom. The smallest absolute Gasteiger partial charge is 0.0988 e. The maximum Gasteiger partial charge on any atom is 0.0988 e. The molecule has 58 valence electrons. The topological polar surface area (TPSA) is 12.4 Å². The van der Waals surface area contributed by atoms with E-state index in [2.05, 4.69) is 39.7 Å². The molecule has 0 N–H and O–H groups in total. The van der Waals surface area contributed by atoms with Gasteiger partial charge in [-0.15, -0.1) is 0 Å². The van der Waals surface area contributed by atoms with Crippen LogP contribution in [-0.2, 0) is 0 Å². The van der Waals surface area contributed by atoms with Crippen LogP contribution in [0.25, 0.3) is 0 Å². The van der Waals surface area contributed by atoms with Crippen molar-refractivity contribution in [3.63, 3.8) is 0 Å². The number of rotatable bonds is 0. The molecule has 0 fully saturated rings. The molecule has 0 aromatic rings. The van der Waals surface area contributed by atoms with Crippen LogP contribution in [-0.4, -0.2) is 10.3 Å². The third-order valence-corrected chi connectivity index (χ3v) is 3.14. The molecule has 0 radical (unpaired) electrons. The molecule has 0 atom stereocenters. The van der Waals surface area contributed by atoms with E-state index in [1.165, 1.54) is 27.7 Å². The zero-order chi connectivity index (χ0) is 7.68. The molecule has 2 rings (SSSR count). The minimum atomic E-state index is 0.988. The van der Waals surface area contributed by atoms with Gasteiger partial charge < -0.3 is 0 Å². The minimum Gasteiger partial charge on any atom is -0.278 e. The fraction of sp³-hybridized carbons (Fsp3) is 0.444. The first kappa shape index (κ1) is 7.53. The molecule has 0 amide bonds. The molecule has 1 aliphatic heterocycles.